The van der Waals surface area contributed by atoms with Crippen molar-refractivity contribution in [3.8, 4) is 5.69 Å². The van der Waals surface area contributed by atoms with Gasteiger partial charge in [0, 0.05) is 12.2 Å². The fourth-order valence-electron chi connectivity index (χ4n) is 2.14. The zero-order valence-electron chi connectivity index (χ0n) is 11.1. The molecule has 1 aromatic carbocycles. The third-order valence-corrected chi connectivity index (χ3v) is 3.08. The first-order chi connectivity index (χ1) is 8.86. The van der Waals surface area contributed by atoms with Gasteiger partial charge >= 0.3 is 0 Å². The highest BCUT2D eigenvalue weighted by molar-refractivity contribution is 5.33. The lowest BCUT2D eigenvalue weighted by Gasteiger charge is -2.18. The van der Waals surface area contributed by atoms with Crippen LogP contribution in [0, 0.1) is 0 Å². The first-order valence-electron chi connectivity index (χ1n) is 6.69. The summed E-state index contributed by atoms with van der Waals surface area (Å²) in [6.45, 7) is 5.43. The molecule has 0 spiro atoms. The number of aromatic nitrogens is 2. The summed E-state index contributed by atoms with van der Waals surface area (Å²) in [5.41, 5.74) is 2.35. The second-order valence-corrected chi connectivity index (χ2v) is 4.42. The van der Waals surface area contributed by atoms with Crippen molar-refractivity contribution in [2.24, 2.45) is 0 Å². The van der Waals surface area contributed by atoms with Crippen LogP contribution in [0.3, 0.4) is 0 Å². The van der Waals surface area contributed by atoms with Gasteiger partial charge in [0.25, 0.3) is 0 Å². The van der Waals surface area contributed by atoms with Crippen LogP contribution in [0.15, 0.2) is 42.6 Å². The van der Waals surface area contributed by atoms with Crippen LogP contribution in [0.1, 0.15) is 38.4 Å². The van der Waals surface area contributed by atoms with Crippen LogP contribution in [0.2, 0.25) is 0 Å². The van der Waals surface area contributed by atoms with Crippen LogP contribution in [0.4, 0.5) is 0 Å². The minimum absolute atomic E-state index is 0.368. The van der Waals surface area contributed by atoms with E-state index in [2.05, 4.69) is 42.5 Å². The zero-order valence-corrected chi connectivity index (χ0v) is 11.1. The van der Waals surface area contributed by atoms with E-state index in [0.29, 0.717) is 6.04 Å². The van der Waals surface area contributed by atoms with Gasteiger partial charge in [0.05, 0.1) is 11.4 Å². The van der Waals surface area contributed by atoms with Crippen LogP contribution in [-0.4, -0.2) is 16.3 Å². The molecule has 18 heavy (non-hydrogen) atoms. The maximum atomic E-state index is 4.44. The summed E-state index contributed by atoms with van der Waals surface area (Å²) >= 11 is 0. The Kier molecular flexibility index (Phi) is 4.53. The van der Waals surface area contributed by atoms with Gasteiger partial charge in [0.15, 0.2) is 0 Å². The molecule has 0 aliphatic rings. The Morgan fingerprint density at radius 1 is 1.17 bits per heavy atom. The summed E-state index contributed by atoms with van der Waals surface area (Å²) in [6, 6.07) is 12.8. The minimum atomic E-state index is 0.368. The molecule has 0 bridgehead atoms. The van der Waals surface area contributed by atoms with Gasteiger partial charge in [-0.2, -0.15) is 5.10 Å². The van der Waals surface area contributed by atoms with E-state index in [4.69, 9.17) is 0 Å². The third-order valence-electron chi connectivity index (χ3n) is 3.08. The molecule has 0 aliphatic heterocycles. The van der Waals surface area contributed by atoms with Gasteiger partial charge in [-0.1, -0.05) is 32.0 Å². The molecule has 0 saturated heterocycles. The minimum Gasteiger partial charge on any atom is -0.309 e. The molecule has 1 heterocycles. The topological polar surface area (TPSA) is 29.9 Å². The molecule has 1 aromatic heterocycles. The van der Waals surface area contributed by atoms with Crippen LogP contribution in [-0.2, 0) is 0 Å². The monoisotopic (exact) mass is 243 g/mol. The fourth-order valence-corrected chi connectivity index (χ4v) is 2.14. The highest BCUT2D eigenvalue weighted by Crippen LogP contribution is 2.19. The number of nitrogens with zero attached hydrogens (tertiary/aromatic N) is 2. The second kappa shape index (κ2) is 6.36. The quantitative estimate of drug-likeness (QED) is 0.843. The molecule has 2 aromatic rings. The molecule has 3 nitrogen and oxygen atoms in total. The molecule has 0 aliphatic carbocycles. The predicted molar refractivity (Wildman–Crippen MR) is 74.9 cm³/mol. The van der Waals surface area contributed by atoms with Crippen LogP contribution in [0.5, 0.6) is 0 Å². The van der Waals surface area contributed by atoms with Crippen LogP contribution in [0.25, 0.3) is 5.69 Å². The van der Waals surface area contributed by atoms with E-state index in [1.807, 2.05) is 29.1 Å². The number of benzene rings is 1. The molecular formula is C15H21N3. The maximum Gasteiger partial charge on any atom is 0.0649 e. The number of para-hydroxylation sites is 1. The molecule has 3 heteroatoms. The fraction of sp³-hybridized carbons (Fsp3) is 0.400. The van der Waals surface area contributed by atoms with Gasteiger partial charge in [-0.05, 0) is 37.6 Å². The Hall–Kier alpha value is -1.61. The Morgan fingerprint density at radius 2 is 1.94 bits per heavy atom. The average molecular weight is 243 g/mol. The molecule has 96 valence electrons. The van der Waals surface area contributed by atoms with Gasteiger partial charge < -0.3 is 5.32 Å². The SMILES string of the molecule is CCCNC(CC)c1ccnn1-c1ccccc1. The lowest BCUT2D eigenvalue weighted by Crippen LogP contribution is -2.23. The lowest BCUT2D eigenvalue weighted by atomic mass is 10.1. The first kappa shape index (κ1) is 12.8. The van der Waals surface area contributed by atoms with Crippen LogP contribution < -0.4 is 5.32 Å². The zero-order chi connectivity index (χ0) is 12.8. The average Bonchev–Trinajstić information content (AvgIpc) is 2.90. The van der Waals surface area contributed by atoms with E-state index < -0.39 is 0 Å². The largest absolute Gasteiger partial charge is 0.309 e. The second-order valence-electron chi connectivity index (χ2n) is 4.42. The maximum absolute atomic E-state index is 4.44. The first-order valence-corrected chi connectivity index (χ1v) is 6.69. The van der Waals surface area contributed by atoms with Gasteiger partial charge in [-0.25, -0.2) is 4.68 Å². The van der Waals surface area contributed by atoms with Gasteiger partial charge in [0.2, 0.25) is 0 Å². The van der Waals surface area contributed by atoms with Crippen molar-refractivity contribution < 1.29 is 0 Å². The summed E-state index contributed by atoms with van der Waals surface area (Å²) in [5, 5.41) is 8.01. The van der Waals surface area contributed by atoms with E-state index in [1.165, 1.54) is 5.69 Å². The molecule has 0 amide bonds. The smallest absolute Gasteiger partial charge is 0.0649 e. The van der Waals surface area contributed by atoms with Crippen molar-refractivity contribution in [1.82, 2.24) is 15.1 Å². The van der Waals surface area contributed by atoms with Gasteiger partial charge in [-0.3, -0.25) is 0 Å². The molecule has 1 unspecified atom stereocenters. The number of hydrogen-bond donors (Lipinski definition) is 1. The highest BCUT2D eigenvalue weighted by atomic mass is 15.3. The van der Waals surface area contributed by atoms with E-state index in [-0.39, 0.29) is 0 Å². The normalized spacial score (nSPS) is 12.6. The molecule has 0 saturated carbocycles. The standard InChI is InChI=1S/C15H21N3/c1-3-11-16-14(4-2)15-10-12-17-18(15)13-8-6-5-7-9-13/h5-10,12,14,16H,3-4,11H2,1-2H3. The number of rotatable bonds is 6. The van der Waals surface area contributed by atoms with Crippen molar-refractivity contribution in [2.45, 2.75) is 32.7 Å². The third kappa shape index (κ3) is 2.79. The van der Waals surface area contributed by atoms with E-state index in [1.54, 1.807) is 0 Å². The summed E-state index contributed by atoms with van der Waals surface area (Å²) in [5.74, 6) is 0. The molecular weight excluding hydrogens is 222 g/mol. The van der Waals surface area contributed by atoms with Crippen molar-refractivity contribution in [3.05, 3.63) is 48.3 Å². The van der Waals surface area contributed by atoms with Crippen molar-refractivity contribution in [2.75, 3.05) is 6.54 Å². The summed E-state index contributed by atoms with van der Waals surface area (Å²) in [6.07, 6.45) is 4.09. The Morgan fingerprint density at radius 3 is 2.61 bits per heavy atom. The van der Waals surface area contributed by atoms with Gasteiger partial charge in [-0.15, -0.1) is 0 Å². The Bertz CT molecular complexity index is 462. The van der Waals surface area contributed by atoms with Crippen molar-refractivity contribution >= 4 is 0 Å². The summed E-state index contributed by atoms with van der Waals surface area (Å²) in [7, 11) is 0. The molecule has 2 rings (SSSR count). The molecule has 1 N–H and O–H groups in total. The lowest BCUT2D eigenvalue weighted by molar-refractivity contribution is 0.495. The van der Waals surface area contributed by atoms with E-state index in [0.717, 1.165) is 25.1 Å². The molecule has 1 atom stereocenters. The van der Waals surface area contributed by atoms with Crippen molar-refractivity contribution in [3.63, 3.8) is 0 Å². The van der Waals surface area contributed by atoms with Crippen molar-refractivity contribution in [1.29, 1.82) is 0 Å². The highest BCUT2D eigenvalue weighted by Gasteiger charge is 2.14. The molecule has 0 radical (unpaired) electrons. The summed E-state index contributed by atoms with van der Waals surface area (Å²) < 4.78 is 2.02. The Labute approximate surface area is 109 Å². The summed E-state index contributed by atoms with van der Waals surface area (Å²) in [4.78, 5) is 0. The Balaban J connectivity index is 2.26. The number of nitrogens with one attached hydrogen (secondary N) is 1. The van der Waals surface area contributed by atoms with Gasteiger partial charge in [0.1, 0.15) is 0 Å². The molecule has 0 fully saturated rings. The van der Waals surface area contributed by atoms with E-state index >= 15 is 0 Å². The predicted octanol–water partition coefficient (Wildman–Crippen LogP) is 3.32. The van der Waals surface area contributed by atoms with Crippen LogP contribution >= 0.6 is 0 Å². The van der Waals surface area contributed by atoms with E-state index in [9.17, 15) is 0 Å². The number of hydrogen-bond acceptors (Lipinski definition) is 2.